The van der Waals surface area contributed by atoms with Crippen molar-refractivity contribution in [2.75, 3.05) is 6.61 Å². The minimum Gasteiger partial charge on any atom is -0.395 e. The number of fused-ring (bicyclic) bond motifs is 1. The van der Waals surface area contributed by atoms with Crippen LogP contribution in [0.3, 0.4) is 0 Å². The first-order valence-corrected chi connectivity index (χ1v) is 6.43. The smallest absolute Gasteiger partial charge is 0.0610 e. The molecule has 0 atom stereocenters. The van der Waals surface area contributed by atoms with Crippen LogP contribution in [0.5, 0.6) is 0 Å². The summed E-state index contributed by atoms with van der Waals surface area (Å²) in [7, 11) is 0. The van der Waals surface area contributed by atoms with E-state index in [0.717, 1.165) is 17.3 Å². The molecule has 1 N–H and O–H groups in total. The minimum atomic E-state index is 0.182. The predicted octanol–water partition coefficient (Wildman–Crippen LogP) is 3.35. The third kappa shape index (κ3) is 2.15. The summed E-state index contributed by atoms with van der Waals surface area (Å²) >= 11 is 3.49. The average Bonchev–Trinajstić information content (AvgIpc) is 2.58. The zero-order valence-corrected chi connectivity index (χ0v) is 11.0. The summed E-state index contributed by atoms with van der Waals surface area (Å²) in [4.78, 5) is 0. The van der Waals surface area contributed by atoms with Gasteiger partial charge in [0.25, 0.3) is 0 Å². The van der Waals surface area contributed by atoms with Gasteiger partial charge in [0, 0.05) is 28.1 Å². The maximum atomic E-state index is 9.06. The highest BCUT2D eigenvalue weighted by Crippen LogP contribution is 2.25. The van der Waals surface area contributed by atoms with Gasteiger partial charge in [0.15, 0.2) is 0 Å². The molecule has 1 heterocycles. The summed E-state index contributed by atoms with van der Waals surface area (Å²) in [5, 5.41) is 10.4. The summed E-state index contributed by atoms with van der Waals surface area (Å²) in [5.74, 6) is 0. The van der Waals surface area contributed by atoms with Gasteiger partial charge in [-0.25, -0.2) is 0 Å². The fraction of sp³-hybridized carbons (Fsp3) is 0.385. The summed E-state index contributed by atoms with van der Waals surface area (Å²) in [6.07, 6.45) is 4.40. The monoisotopic (exact) mass is 281 g/mol. The number of benzene rings is 1. The van der Waals surface area contributed by atoms with Crippen LogP contribution in [0.4, 0.5) is 0 Å². The van der Waals surface area contributed by atoms with Crippen LogP contribution < -0.4 is 0 Å². The van der Waals surface area contributed by atoms with Crippen molar-refractivity contribution in [2.24, 2.45) is 0 Å². The number of aliphatic hydroxyl groups excluding tert-OH is 1. The average molecular weight is 282 g/mol. The standard InChI is InChI=1S/C13H16BrNO/c1-2-3-10-9-15(6-7-16)13-8-11(14)4-5-12(10)13/h4-5,8-9,16H,2-3,6-7H2,1H3. The molecule has 0 saturated carbocycles. The lowest BCUT2D eigenvalue weighted by Gasteiger charge is -2.01. The molecule has 2 nitrogen and oxygen atoms in total. The van der Waals surface area contributed by atoms with E-state index in [2.05, 4.69) is 51.8 Å². The van der Waals surface area contributed by atoms with E-state index < -0.39 is 0 Å². The number of aliphatic hydroxyl groups is 1. The predicted molar refractivity (Wildman–Crippen MR) is 70.7 cm³/mol. The number of aromatic nitrogens is 1. The number of nitrogens with zero attached hydrogens (tertiary/aromatic N) is 1. The SMILES string of the molecule is CCCc1cn(CCO)c2cc(Br)ccc12. The highest BCUT2D eigenvalue weighted by molar-refractivity contribution is 9.10. The molecule has 0 bridgehead atoms. The van der Waals surface area contributed by atoms with Gasteiger partial charge in [-0.3, -0.25) is 0 Å². The van der Waals surface area contributed by atoms with Gasteiger partial charge >= 0.3 is 0 Å². The van der Waals surface area contributed by atoms with Crippen molar-refractivity contribution in [1.82, 2.24) is 4.57 Å². The van der Waals surface area contributed by atoms with Crippen molar-refractivity contribution in [3.8, 4) is 0 Å². The Balaban J connectivity index is 2.56. The van der Waals surface area contributed by atoms with E-state index in [4.69, 9.17) is 5.11 Å². The molecular weight excluding hydrogens is 266 g/mol. The van der Waals surface area contributed by atoms with Gasteiger partial charge in [-0.15, -0.1) is 0 Å². The van der Waals surface area contributed by atoms with E-state index in [9.17, 15) is 0 Å². The van der Waals surface area contributed by atoms with Crippen LogP contribution in [0.25, 0.3) is 10.9 Å². The molecule has 0 aliphatic carbocycles. The Bertz CT molecular complexity index is 490. The van der Waals surface area contributed by atoms with Gasteiger partial charge in [-0.05, 0) is 24.1 Å². The van der Waals surface area contributed by atoms with Crippen LogP contribution in [-0.4, -0.2) is 16.3 Å². The lowest BCUT2D eigenvalue weighted by molar-refractivity contribution is 0.278. The van der Waals surface area contributed by atoms with Crippen molar-refractivity contribution in [3.05, 3.63) is 34.4 Å². The van der Waals surface area contributed by atoms with E-state index in [1.165, 1.54) is 16.5 Å². The topological polar surface area (TPSA) is 25.2 Å². The summed E-state index contributed by atoms with van der Waals surface area (Å²) < 4.78 is 3.21. The van der Waals surface area contributed by atoms with Crippen LogP contribution in [0.15, 0.2) is 28.9 Å². The highest BCUT2D eigenvalue weighted by Gasteiger charge is 2.07. The molecule has 86 valence electrons. The molecule has 0 unspecified atom stereocenters. The van der Waals surface area contributed by atoms with E-state index >= 15 is 0 Å². The summed E-state index contributed by atoms with van der Waals surface area (Å²) in [6.45, 7) is 3.03. The second-order valence-corrected chi connectivity index (χ2v) is 4.90. The molecule has 3 heteroatoms. The first kappa shape index (κ1) is 11.7. The van der Waals surface area contributed by atoms with Crippen molar-refractivity contribution in [3.63, 3.8) is 0 Å². The number of hydrogen-bond acceptors (Lipinski definition) is 1. The maximum Gasteiger partial charge on any atom is 0.0610 e. The first-order valence-electron chi connectivity index (χ1n) is 5.64. The Kier molecular flexibility index (Phi) is 3.66. The molecule has 0 fully saturated rings. The van der Waals surface area contributed by atoms with Crippen LogP contribution in [0, 0.1) is 0 Å². The van der Waals surface area contributed by atoms with Crippen molar-refractivity contribution in [2.45, 2.75) is 26.3 Å². The van der Waals surface area contributed by atoms with E-state index in [1.54, 1.807) is 0 Å². The van der Waals surface area contributed by atoms with Gasteiger partial charge in [-0.2, -0.15) is 0 Å². The third-order valence-corrected chi connectivity index (χ3v) is 3.28. The van der Waals surface area contributed by atoms with Gasteiger partial charge in [-0.1, -0.05) is 35.3 Å². The van der Waals surface area contributed by atoms with E-state index in [-0.39, 0.29) is 6.61 Å². The van der Waals surface area contributed by atoms with E-state index in [0.29, 0.717) is 6.54 Å². The van der Waals surface area contributed by atoms with Crippen molar-refractivity contribution in [1.29, 1.82) is 0 Å². The molecule has 1 aromatic carbocycles. The first-order chi connectivity index (χ1) is 7.76. The van der Waals surface area contributed by atoms with Gasteiger partial charge < -0.3 is 9.67 Å². The Labute approximate surface area is 104 Å². The maximum absolute atomic E-state index is 9.06. The molecule has 0 spiro atoms. The second kappa shape index (κ2) is 5.02. The fourth-order valence-corrected chi connectivity index (χ4v) is 2.45. The van der Waals surface area contributed by atoms with Crippen LogP contribution >= 0.6 is 15.9 Å². The third-order valence-electron chi connectivity index (χ3n) is 2.79. The summed E-state index contributed by atoms with van der Waals surface area (Å²) in [5.41, 5.74) is 2.57. The zero-order valence-electron chi connectivity index (χ0n) is 9.41. The van der Waals surface area contributed by atoms with Gasteiger partial charge in [0.05, 0.1) is 6.61 Å². The molecule has 0 radical (unpaired) electrons. The normalized spacial score (nSPS) is 11.2. The lowest BCUT2D eigenvalue weighted by Crippen LogP contribution is -1.99. The molecule has 0 aliphatic heterocycles. The Morgan fingerprint density at radius 3 is 2.88 bits per heavy atom. The highest BCUT2D eigenvalue weighted by atomic mass is 79.9. The van der Waals surface area contributed by atoms with Crippen molar-refractivity contribution >= 4 is 26.8 Å². The van der Waals surface area contributed by atoms with Crippen LogP contribution in [-0.2, 0) is 13.0 Å². The largest absolute Gasteiger partial charge is 0.395 e. The van der Waals surface area contributed by atoms with Crippen LogP contribution in [0.2, 0.25) is 0 Å². The fourth-order valence-electron chi connectivity index (χ4n) is 2.10. The summed E-state index contributed by atoms with van der Waals surface area (Å²) in [6, 6.07) is 6.34. The second-order valence-electron chi connectivity index (χ2n) is 3.98. The molecule has 0 saturated heterocycles. The van der Waals surface area contributed by atoms with Gasteiger partial charge in [0.1, 0.15) is 0 Å². The molecule has 0 aliphatic rings. The van der Waals surface area contributed by atoms with Gasteiger partial charge in [0.2, 0.25) is 0 Å². The molecule has 2 aromatic rings. The molecule has 1 aromatic heterocycles. The molecule has 0 amide bonds. The van der Waals surface area contributed by atoms with Crippen LogP contribution in [0.1, 0.15) is 18.9 Å². The Morgan fingerprint density at radius 1 is 1.38 bits per heavy atom. The number of halogens is 1. The lowest BCUT2D eigenvalue weighted by atomic mass is 10.1. The Hall–Kier alpha value is -0.800. The Morgan fingerprint density at radius 2 is 2.19 bits per heavy atom. The molecule has 16 heavy (non-hydrogen) atoms. The quantitative estimate of drug-likeness (QED) is 0.914. The van der Waals surface area contributed by atoms with Crippen molar-refractivity contribution < 1.29 is 5.11 Å². The zero-order chi connectivity index (χ0) is 11.5. The molecule has 2 rings (SSSR count). The minimum absolute atomic E-state index is 0.182. The molecular formula is C13H16BrNO. The number of hydrogen-bond donors (Lipinski definition) is 1. The van der Waals surface area contributed by atoms with E-state index in [1.807, 2.05) is 0 Å². The number of rotatable bonds is 4. The number of aryl methyl sites for hydroxylation is 1.